The molecule has 2 rings (SSSR count). The van der Waals surface area contributed by atoms with E-state index < -0.39 is 0 Å². The van der Waals surface area contributed by atoms with Gasteiger partial charge in [0.05, 0.1) is 12.3 Å². The molecule has 0 radical (unpaired) electrons. The molecular weight excluding hydrogens is 240 g/mol. The van der Waals surface area contributed by atoms with Gasteiger partial charge in [-0.25, -0.2) is 0 Å². The van der Waals surface area contributed by atoms with E-state index in [0.29, 0.717) is 12.6 Å². The number of carbonyl (C=O) groups is 1. The van der Waals surface area contributed by atoms with Gasteiger partial charge in [-0.05, 0) is 44.4 Å². The minimum Gasteiger partial charge on any atom is -0.491 e. The largest absolute Gasteiger partial charge is 0.491 e. The summed E-state index contributed by atoms with van der Waals surface area (Å²) in [5, 5.41) is 6.26. The van der Waals surface area contributed by atoms with Crippen LogP contribution in [0.15, 0.2) is 24.3 Å². The lowest BCUT2D eigenvalue weighted by Gasteiger charge is -2.13. The third-order valence-electron chi connectivity index (χ3n) is 3.31. The molecule has 4 nitrogen and oxygen atoms in total. The molecule has 1 saturated heterocycles. The molecule has 19 heavy (non-hydrogen) atoms. The van der Waals surface area contributed by atoms with Crippen LogP contribution in [0.5, 0.6) is 5.75 Å². The van der Waals surface area contributed by atoms with Gasteiger partial charge < -0.3 is 15.4 Å². The predicted octanol–water partition coefficient (Wildman–Crippen LogP) is 2.56. The number of hydrogen-bond acceptors (Lipinski definition) is 3. The van der Waals surface area contributed by atoms with Crippen molar-refractivity contribution in [2.75, 3.05) is 18.5 Å². The molecule has 1 fully saturated rings. The van der Waals surface area contributed by atoms with Crippen LogP contribution in [-0.4, -0.2) is 25.1 Å². The number of ether oxygens (including phenoxy) is 1. The average molecular weight is 262 g/mol. The van der Waals surface area contributed by atoms with Gasteiger partial charge in [0.15, 0.2) is 0 Å². The Morgan fingerprint density at radius 1 is 1.47 bits per heavy atom. The number of carbonyl (C=O) groups excluding carboxylic acids is 1. The normalized spacial score (nSPS) is 18.3. The van der Waals surface area contributed by atoms with Crippen molar-refractivity contribution in [3.8, 4) is 5.75 Å². The molecule has 0 aromatic heterocycles. The molecule has 1 heterocycles. The van der Waals surface area contributed by atoms with Crippen LogP contribution in [0.4, 0.5) is 5.69 Å². The second-order valence-corrected chi connectivity index (χ2v) is 4.96. The topological polar surface area (TPSA) is 50.4 Å². The van der Waals surface area contributed by atoms with Gasteiger partial charge in [0, 0.05) is 13.0 Å². The van der Waals surface area contributed by atoms with Crippen molar-refractivity contribution < 1.29 is 9.53 Å². The van der Waals surface area contributed by atoms with Gasteiger partial charge in [-0.1, -0.05) is 12.1 Å². The Morgan fingerprint density at radius 2 is 2.32 bits per heavy atom. The second kappa shape index (κ2) is 7.14. The van der Waals surface area contributed by atoms with Crippen LogP contribution in [0, 0.1) is 0 Å². The summed E-state index contributed by atoms with van der Waals surface area (Å²) in [4.78, 5) is 11.1. The fourth-order valence-corrected chi connectivity index (χ4v) is 2.40. The zero-order valence-electron chi connectivity index (χ0n) is 11.4. The molecule has 0 bridgehead atoms. The van der Waals surface area contributed by atoms with Crippen LogP contribution in [0.1, 0.15) is 32.6 Å². The maximum absolute atomic E-state index is 11.1. The first kappa shape index (κ1) is 13.9. The summed E-state index contributed by atoms with van der Waals surface area (Å²) in [6.07, 6.45) is 4.76. The summed E-state index contributed by atoms with van der Waals surface area (Å²) in [7, 11) is 0. The van der Waals surface area contributed by atoms with E-state index in [1.165, 1.54) is 19.8 Å². The Morgan fingerprint density at radius 3 is 3.05 bits per heavy atom. The molecule has 0 aliphatic carbocycles. The summed E-state index contributed by atoms with van der Waals surface area (Å²) in [6.45, 7) is 3.34. The number of nitrogens with one attached hydrogen (secondary N) is 2. The van der Waals surface area contributed by atoms with Gasteiger partial charge in [-0.15, -0.1) is 0 Å². The van der Waals surface area contributed by atoms with Gasteiger partial charge in [0.25, 0.3) is 0 Å². The Labute approximate surface area is 114 Å². The van der Waals surface area contributed by atoms with Gasteiger partial charge in [-0.3, -0.25) is 4.79 Å². The van der Waals surface area contributed by atoms with E-state index in [2.05, 4.69) is 10.6 Å². The highest BCUT2D eigenvalue weighted by molar-refractivity contribution is 5.90. The Hall–Kier alpha value is -1.55. The highest BCUT2D eigenvalue weighted by atomic mass is 16.5. The first-order chi connectivity index (χ1) is 9.25. The summed E-state index contributed by atoms with van der Waals surface area (Å²) < 4.78 is 5.76. The summed E-state index contributed by atoms with van der Waals surface area (Å²) >= 11 is 0. The van der Waals surface area contributed by atoms with Gasteiger partial charge >= 0.3 is 0 Å². The maximum Gasteiger partial charge on any atom is 0.221 e. The Kier molecular flexibility index (Phi) is 5.21. The summed E-state index contributed by atoms with van der Waals surface area (Å²) in [5.74, 6) is 0.670. The van der Waals surface area contributed by atoms with Crippen LogP contribution >= 0.6 is 0 Å². The maximum atomic E-state index is 11.1. The Balaban J connectivity index is 1.76. The molecule has 104 valence electrons. The van der Waals surface area contributed by atoms with Crippen molar-refractivity contribution in [1.82, 2.24) is 5.32 Å². The van der Waals surface area contributed by atoms with Crippen molar-refractivity contribution >= 4 is 11.6 Å². The van der Waals surface area contributed by atoms with E-state index in [1.54, 1.807) is 0 Å². The zero-order valence-corrected chi connectivity index (χ0v) is 11.4. The molecule has 2 N–H and O–H groups in total. The van der Waals surface area contributed by atoms with E-state index in [1.807, 2.05) is 24.3 Å². The fraction of sp³-hybridized carbons (Fsp3) is 0.533. The van der Waals surface area contributed by atoms with Gasteiger partial charge in [0.1, 0.15) is 5.75 Å². The molecular formula is C15H22N2O2. The third-order valence-corrected chi connectivity index (χ3v) is 3.31. The van der Waals surface area contributed by atoms with Crippen LogP contribution in [0.25, 0.3) is 0 Å². The first-order valence-electron chi connectivity index (χ1n) is 6.98. The number of hydrogen-bond donors (Lipinski definition) is 2. The monoisotopic (exact) mass is 262 g/mol. The van der Waals surface area contributed by atoms with E-state index >= 15 is 0 Å². The number of anilines is 1. The molecule has 1 aromatic carbocycles. The smallest absolute Gasteiger partial charge is 0.221 e. The molecule has 0 spiro atoms. The van der Waals surface area contributed by atoms with Crippen molar-refractivity contribution in [3.05, 3.63) is 24.3 Å². The summed E-state index contributed by atoms with van der Waals surface area (Å²) in [6, 6.07) is 8.21. The average Bonchev–Trinajstić information content (AvgIpc) is 2.89. The number of rotatable bonds is 6. The molecule has 4 heteroatoms. The number of para-hydroxylation sites is 2. The standard InChI is InChI=1S/C15H22N2O2/c1-12(18)17-14-8-2-3-9-15(14)19-11-5-7-13-6-4-10-16-13/h2-3,8-9,13,16H,4-7,10-11H2,1H3,(H,17,18). The molecule has 1 aromatic rings. The molecule has 0 saturated carbocycles. The lowest BCUT2D eigenvalue weighted by molar-refractivity contribution is -0.114. The van der Waals surface area contributed by atoms with Crippen molar-refractivity contribution in [1.29, 1.82) is 0 Å². The van der Waals surface area contributed by atoms with Crippen molar-refractivity contribution in [2.24, 2.45) is 0 Å². The highest BCUT2D eigenvalue weighted by Crippen LogP contribution is 2.24. The van der Waals surface area contributed by atoms with Crippen molar-refractivity contribution in [3.63, 3.8) is 0 Å². The molecule has 1 amide bonds. The molecule has 1 aliphatic rings. The molecule has 1 atom stereocenters. The zero-order chi connectivity index (χ0) is 13.5. The quantitative estimate of drug-likeness (QED) is 0.775. The van der Waals surface area contributed by atoms with Gasteiger partial charge in [0.2, 0.25) is 5.91 Å². The van der Waals surface area contributed by atoms with E-state index in [-0.39, 0.29) is 5.91 Å². The number of amides is 1. The second-order valence-electron chi connectivity index (χ2n) is 4.96. The van der Waals surface area contributed by atoms with E-state index in [9.17, 15) is 4.79 Å². The lowest BCUT2D eigenvalue weighted by Crippen LogP contribution is -2.21. The highest BCUT2D eigenvalue weighted by Gasteiger charge is 2.13. The van der Waals surface area contributed by atoms with Crippen LogP contribution in [-0.2, 0) is 4.79 Å². The molecule has 1 unspecified atom stereocenters. The minimum absolute atomic E-state index is 0.0776. The molecule has 1 aliphatic heterocycles. The minimum atomic E-state index is -0.0776. The fourth-order valence-electron chi connectivity index (χ4n) is 2.40. The van der Waals surface area contributed by atoms with Crippen molar-refractivity contribution in [2.45, 2.75) is 38.6 Å². The lowest BCUT2D eigenvalue weighted by atomic mass is 10.1. The number of benzene rings is 1. The van der Waals surface area contributed by atoms with Gasteiger partial charge in [-0.2, -0.15) is 0 Å². The van der Waals surface area contributed by atoms with Crippen LogP contribution in [0.3, 0.4) is 0 Å². The first-order valence-corrected chi connectivity index (χ1v) is 6.98. The Bertz CT molecular complexity index is 414. The van der Waals surface area contributed by atoms with Crippen LogP contribution in [0.2, 0.25) is 0 Å². The van der Waals surface area contributed by atoms with E-state index in [4.69, 9.17) is 4.74 Å². The third kappa shape index (κ3) is 4.56. The predicted molar refractivity (Wildman–Crippen MR) is 76.5 cm³/mol. The SMILES string of the molecule is CC(=O)Nc1ccccc1OCCCC1CCCN1. The summed E-state index contributed by atoms with van der Waals surface area (Å²) in [5.41, 5.74) is 0.744. The van der Waals surface area contributed by atoms with Crippen LogP contribution < -0.4 is 15.4 Å². The van der Waals surface area contributed by atoms with E-state index in [0.717, 1.165) is 30.8 Å².